The number of amides is 3. The van der Waals surface area contributed by atoms with Gasteiger partial charge in [0.2, 0.25) is 5.60 Å². The van der Waals surface area contributed by atoms with Gasteiger partial charge in [0, 0.05) is 36.3 Å². The van der Waals surface area contributed by atoms with Crippen molar-refractivity contribution in [2.45, 2.75) is 30.9 Å². The monoisotopic (exact) mass is 798 g/mol. The van der Waals surface area contributed by atoms with Crippen molar-refractivity contribution < 1.29 is 53.7 Å². The van der Waals surface area contributed by atoms with Gasteiger partial charge in [-0.2, -0.15) is 0 Å². The van der Waals surface area contributed by atoms with Crippen LogP contribution in [0.15, 0.2) is 28.6 Å². The number of fused-ring (bicyclic) bond motifs is 2. The van der Waals surface area contributed by atoms with E-state index >= 15 is 0 Å². The van der Waals surface area contributed by atoms with Gasteiger partial charge in [0.1, 0.15) is 33.7 Å². The Hall–Kier alpha value is -4.30. The molecule has 1 aromatic heterocycles. The number of thioether (sulfide) groups is 1. The van der Waals surface area contributed by atoms with E-state index < -0.39 is 58.0 Å². The van der Waals surface area contributed by atoms with Gasteiger partial charge in [0.15, 0.2) is 22.3 Å². The Bertz CT molecular complexity index is 1960. The summed E-state index contributed by atoms with van der Waals surface area (Å²) < 4.78 is 0.461. The number of phenolic OH excluding ortho intramolecular Hbond substituents is 2. The third-order valence-corrected chi connectivity index (χ3v) is 12.4. The molecule has 6 rings (SSSR count). The lowest BCUT2D eigenvalue weighted by Gasteiger charge is -2.50. The Balaban J connectivity index is 1.14. The number of nitrogens with one attached hydrogen (secondary N) is 1. The van der Waals surface area contributed by atoms with Crippen molar-refractivity contribution in [1.29, 1.82) is 0 Å². The summed E-state index contributed by atoms with van der Waals surface area (Å²) in [5, 5.41) is 44.7. The summed E-state index contributed by atoms with van der Waals surface area (Å²) in [5.74, 6) is -5.12. The number of benzene rings is 1. The Labute approximate surface area is 314 Å². The SMILES string of the molecule is CC(C)(O/N=C(\C(=O)N[C@@H]1C(=O)N2C(C(=O)O)=C(C[N+]3(C)CC4CN(C(=O)c5ccc(O)c(O)c5Cl)CC4C3)CS[C@H]12)c1nc(N)sc1Cl)C(=O)O. The summed E-state index contributed by atoms with van der Waals surface area (Å²) >= 11 is 14.5. The number of aromatic hydroxyl groups is 2. The molecule has 2 unspecified atom stereocenters. The number of likely N-dealkylation sites (N-methyl/N-ethyl adjacent to an activating group) is 1. The lowest BCUT2D eigenvalue weighted by Crippen LogP contribution is -2.71. The van der Waals surface area contributed by atoms with Crippen molar-refractivity contribution in [1.82, 2.24) is 20.1 Å². The normalized spacial score (nSPS) is 25.8. The van der Waals surface area contributed by atoms with Crippen LogP contribution in [0.4, 0.5) is 5.13 Å². The summed E-state index contributed by atoms with van der Waals surface area (Å²) in [5.41, 5.74) is 3.70. The number of oxime groups is 1. The minimum atomic E-state index is -1.84. The highest BCUT2D eigenvalue weighted by molar-refractivity contribution is 8.00. The number of carboxylic acid groups (broad SMARTS) is 2. The van der Waals surface area contributed by atoms with E-state index in [0.29, 0.717) is 42.8 Å². The zero-order valence-corrected chi connectivity index (χ0v) is 31.0. The number of aliphatic carboxylic acids is 2. The second kappa shape index (κ2) is 13.6. The lowest BCUT2D eigenvalue weighted by molar-refractivity contribution is -0.896. The number of nitrogens with two attached hydrogens (primary N) is 1. The van der Waals surface area contributed by atoms with Crippen molar-refractivity contribution >= 4 is 86.8 Å². The second-order valence-electron chi connectivity index (χ2n) is 13.8. The predicted molar refractivity (Wildman–Crippen MR) is 189 cm³/mol. The number of hydrogen-bond acceptors (Lipinski definition) is 13. The highest BCUT2D eigenvalue weighted by Gasteiger charge is 2.56. The molecule has 3 amide bonds. The van der Waals surface area contributed by atoms with Crippen LogP contribution in [0.5, 0.6) is 11.5 Å². The minimum absolute atomic E-state index is 0.000519. The second-order valence-corrected chi connectivity index (χ2v) is 16.9. The Morgan fingerprint density at radius 2 is 1.81 bits per heavy atom. The van der Waals surface area contributed by atoms with E-state index in [0.717, 1.165) is 16.2 Å². The molecule has 21 heteroatoms. The zero-order chi connectivity index (χ0) is 38.0. The highest BCUT2D eigenvalue weighted by Crippen LogP contribution is 2.43. The summed E-state index contributed by atoms with van der Waals surface area (Å²) in [7, 11) is 2.01. The first kappa shape index (κ1) is 37.5. The Kier molecular flexibility index (Phi) is 9.79. The van der Waals surface area contributed by atoms with Gasteiger partial charge in [0.05, 0.1) is 30.7 Å². The van der Waals surface area contributed by atoms with Gasteiger partial charge in [-0.15, -0.1) is 11.8 Å². The third kappa shape index (κ3) is 6.70. The molecule has 2 aromatic rings. The maximum atomic E-state index is 13.5. The van der Waals surface area contributed by atoms with Crippen molar-refractivity contribution in [2.24, 2.45) is 17.0 Å². The number of thiazole rings is 1. The van der Waals surface area contributed by atoms with Gasteiger partial charge < -0.3 is 45.7 Å². The molecule has 0 aliphatic carbocycles. The van der Waals surface area contributed by atoms with Crippen LogP contribution in [0.3, 0.4) is 0 Å². The molecule has 0 saturated carbocycles. The number of carbonyl (C=O) groups excluding carboxylic acids is 3. The largest absolute Gasteiger partial charge is 0.504 e. The van der Waals surface area contributed by atoms with Crippen LogP contribution >= 0.6 is 46.3 Å². The number of carbonyl (C=O) groups is 5. The Morgan fingerprint density at radius 1 is 1.15 bits per heavy atom. The van der Waals surface area contributed by atoms with E-state index in [1.807, 2.05) is 7.05 Å². The average Bonchev–Trinajstić information content (AvgIpc) is 3.71. The van der Waals surface area contributed by atoms with Crippen molar-refractivity contribution in [2.75, 3.05) is 51.3 Å². The van der Waals surface area contributed by atoms with Crippen molar-refractivity contribution in [3.05, 3.63) is 44.0 Å². The van der Waals surface area contributed by atoms with Crippen molar-refractivity contribution in [3.8, 4) is 11.5 Å². The number of quaternary nitrogens is 1. The topological polar surface area (TPSA) is 245 Å². The number of hydrogen-bond donors (Lipinski definition) is 6. The zero-order valence-electron chi connectivity index (χ0n) is 27.8. The van der Waals surface area contributed by atoms with Gasteiger partial charge in [-0.3, -0.25) is 19.3 Å². The van der Waals surface area contributed by atoms with E-state index in [2.05, 4.69) is 15.5 Å². The molecule has 3 saturated heterocycles. The van der Waals surface area contributed by atoms with Gasteiger partial charge in [-0.05, 0) is 26.0 Å². The molecule has 4 atom stereocenters. The molecule has 52 heavy (non-hydrogen) atoms. The minimum Gasteiger partial charge on any atom is -0.504 e. The fourth-order valence-corrected chi connectivity index (χ4v) is 9.58. The molecule has 0 spiro atoms. The number of nitrogen functional groups attached to an aromatic ring is 1. The van der Waals surface area contributed by atoms with Crippen LogP contribution < -0.4 is 11.1 Å². The van der Waals surface area contributed by atoms with Gasteiger partial charge in [0.25, 0.3) is 17.7 Å². The lowest BCUT2D eigenvalue weighted by atomic mass is 10.0. The predicted octanol–water partition coefficient (Wildman–Crippen LogP) is 1.61. The number of carboxylic acids is 2. The first-order valence-electron chi connectivity index (χ1n) is 15.8. The molecular weight excluding hydrogens is 765 g/mol. The van der Waals surface area contributed by atoms with Crippen LogP contribution in [0.1, 0.15) is 29.9 Å². The van der Waals surface area contributed by atoms with Crippen LogP contribution in [-0.2, 0) is 24.0 Å². The number of anilines is 1. The van der Waals surface area contributed by atoms with Gasteiger partial charge >= 0.3 is 11.9 Å². The number of nitrogens with zero attached hydrogens (tertiary/aromatic N) is 5. The van der Waals surface area contributed by atoms with Gasteiger partial charge in [-0.25, -0.2) is 14.6 Å². The summed E-state index contributed by atoms with van der Waals surface area (Å²) in [6, 6.07) is 1.43. The van der Waals surface area contributed by atoms with Crippen LogP contribution in [-0.4, -0.2) is 138 Å². The van der Waals surface area contributed by atoms with E-state index in [9.17, 15) is 44.4 Å². The number of aromatic nitrogens is 1. The number of likely N-dealkylation sites (tertiary alicyclic amines) is 2. The maximum absolute atomic E-state index is 13.5. The molecule has 4 aliphatic rings. The number of phenols is 2. The molecule has 3 fully saturated rings. The van der Waals surface area contributed by atoms with Crippen LogP contribution in [0.2, 0.25) is 9.36 Å². The smallest absolute Gasteiger partial charge is 0.352 e. The molecule has 4 aliphatic heterocycles. The molecule has 278 valence electrons. The number of rotatable bonds is 10. The first-order chi connectivity index (χ1) is 24.3. The van der Waals surface area contributed by atoms with Gasteiger partial charge in [-0.1, -0.05) is 39.7 Å². The molecule has 1 aromatic carbocycles. The van der Waals surface area contributed by atoms with Crippen molar-refractivity contribution in [3.63, 3.8) is 0 Å². The van der Waals surface area contributed by atoms with E-state index in [1.54, 1.807) is 4.90 Å². The molecule has 5 heterocycles. The average molecular weight is 800 g/mol. The van der Waals surface area contributed by atoms with Crippen LogP contribution in [0, 0.1) is 11.8 Å². The van der Waals surface area contributed by atoms with E-state index in [1.165, 1.54) is 37.7 Å². The standard InChI is InChI=1S/C31H33Cl2N7O10S2/c1-31(2,29(48)49)50-37-19(18-23(33)52-30(34)36-18)24(43)35-20-26(45)39-21(28(46)47)14(11-51-27(20)39)10-40(3)8-12-6-38(7-13(12)9-40)25(44)15-4-5-16(41)22(42)17(15)32/h4-5,12-13,20,27H,6-11H2,1-3H3,(H6-,34,35,36,37,41,42,43,44,46,47,48,49)/p+1/t12?,13?,20-,27-,40?/m1/s1. The first-order valence-corrected chi connectivity index (χ1v) is 18.4. The molecule has 0 radical (unpaired) electrons. The number of β-lactam (4-membered cyclic amide) rings is 1. The third-order valence-electron chi connectivity index (χ3n) is 9.57. The van der Waals surface area contributed by atoms with Crippen LogP contribution in [0.25, 0.3) is 0 Å². The van der Waals surface area contributed by atoms with E-state index in [-0.39, 0.29) is 54.9 Å². The summed E-state index contributed by atoms with van der Waals surface area (Å²) in [6.45, 7) is 4.93. The van der Waals surface area contributed by atoms with E-state index in [4.69, 9.17) is 33.8 Å². The molecule has 0 bridgehead atoms. The Morgan fingerprint density at radius 3 is 2.38 bits per heavy atom. The fraction of sp³-hybridized carbons (Fsp3) is 0.452. The quantitative estimate of drug-likeness (QED) is 0.0659. The number of halogens is 2. The molecular formula is C31H34Cl2N7O10S2+. The summed E-state index contributed by atoms with van der Waals surface area (Å²) in [6.07, 6.45) is 0. The fourth-order valence-electron chi connectivity index (χ4n) is 7.07. The molecule has 7 N–H and O–H groups in total. The maximum Gasteiger partial charge on any atom is 0.352 e. The summed E-state index contributed by atoms with van der Waals surface area (Å²) in [4.78, 5) is 76.4. The highest BCUT2D eigenvalue weighted by atomic mass is 35.5. The molecule has 17 nitrogen and oxygen atoms in total.